The van der Waals surface area contributed by atoms with Crippen molar-refractivity contribution in [3.8, 4) is 0 Å². The highest BCUT2D eigenvalue weighted by Crippen LogP contribution is 2.15. The normalized spacial score (nSPS) is 10.1. The fourth-order valence-corrected chi connectivity index (χ4v) is 1.32. The van der Waals surface area contributed by atoms with Gasteiger partial charge in [-0.3, -0.25) is 5.32 Å². The van der Waals surface area contributed by atoms with Gasteiger partial charge in [0.05, 0.1) is 0 Å². The van der Waals surface area contributed by atoms with Crippen molar-refractivity contribution in [2.24, 2.45) is 0 Å². The molecule has 9 heavy (non-hydrogen) atoms. The first-order chi connectivity index (χ1) is 4.29. The molecule has 0 amide bonds. The van der Waals surface area contributed by atoms with Crippen LogP contribution in [0.25, 0.3) is 0 Å². The largest absolute Gasteiger partial charge is 0.272 e. The molecule has 0 fully saturated rings. The summed E-state index contributed by atoms with van der Waals surface area (Å²) in [6.07, 6.45) is 0. The number of thiophene rings is 1. The monoisotopic (exact) mass is 140 g/mol. The molecule has 1 aromatic heterocycles. The summed E-state index contributed by atoms with van der Waals surface area (Å²) < 4.78 is 0. The van der Waals surface area contributed by atoms with Crippen LogP contribution in [0.4, 0.5) is 5.00 Å². The van der Waals surface area contributed by atoms with Crippen LogP contribution in [0, 0.1) is 0 Å². The summed E-state index contributed by atoms with van der Waals surface area (Å²) in [5, 5.41) is 7.51. The zero-order chi connectivity index (χ0) is 6.69. The van der Waals surface area contributed by atoms with Crippen molar-refractivity contribution in [1.82, 2.24) is 5.32 Å². The van der Waals surface area contributed by atoms with E-state index in [-0.39, 0.29) is 0 Å². The van der Waals surface area contributed by atoms with E-state index in [1.807, 2.05) is 17.5 Å². The van der Waals surface area contributed by atoms with Crippen LogP contribution in [0.1, 0.15) is 13.8 Å². The predicted octanol–water partition coefficient (Wildman–Crippen LogP) is 2.39. The van der Waals surface area contributed by atoms with Gasteiger partial charge in [-0.1, -0.05) is 0 Å². The van der Waals surface area contributed by atoms with Gasteiger partial charge < -0.3 is 0 Å². The Morgan fingerprint density at radius 3 is 2.78 bits per heavy atom. The highest BCUT2D eigenvalue weighted by Gasteiger charge is 1.95. The second-order valence-corrected chi connectivity index (χ2v) is 3.10. The van der Waals surface area contributed by atoms with E-state index >= 15 is 0 Å². The SMILES string of the molecule is CC(C)[N]c1cccs1. The Bertz CT molecular complexity index is 155. The first kappa shape index (κ1) is 6.62. The molecule has 49 valence electrons. The summed E-state index contributed by atoms with van der Waals surface area (Å²) in [5.41, 5.74) is 0. The molecule has 1 nitrogen and oxygen atoms in total. The average Bonchev–Trinajstić information content (AvgIpc) is 2.15. The number of nitrogens with zero attached hydrogens (tertiary/aromatic N) is 1. The molecule has 1 radical (unpaired) electrons. The topological polar surface area (TPSA) is 14.1 Å². The molecule has 0 bridgehead atoms. The Labute approximate surface area is 59.7 Å². The molecule has 0 aromatic carbocycles. The smallest absolute Gasteiger partial charge is 0.110 e. The quantitative estimate of drug-likeness (QED) is 0.599. The van der Waals surface area contributed by atoms with Crippen LogP contribution in [0.5, 0.6) is 0 Å². The zero-order valence-corrected chi connectivity index (χ0v) is 6.48. The standard InChI is InChI=1S/C7H10NS/c1-6(2)8-7-4-3-5-9-7/h3-6H,1-2H3. The van der Waals surface area contributed by atoms with Crippen LogP contribution >= 0.6 is 11.3 Å². The van der Waals surface area contributed by atoms with Gasteiger partial charge in [-0.2, -0.15) is 0 Å². The Kier molecular flexibility index (Phi) is 2.11. The fourth-order valence-electron chi connectivity index (χ4n) is 0.598. The lowest BCUT2D eigenvalue weighted by Gasteiger charge is -2.00. The van der Waals surface area contributed by atoms with Gasteiger partial charge >= 0.3 is 0 Å². The summed E-state index contributed by atoms with van der Waals surface area (Å²) in [6.45, 7) is 4.17. The van der Waals surface area contributed by atoms with E-state index in [4.69, 9.17) is 0 Å². The highest BCUT2D eigenvalue weighted by atomic mass is 32.1. The van der Waals surface area contributed by atoms with Crippen LogP contribution < -0.4 is 5.32 Å². The first-order valence-electron chi connectivity index (χ1n) is 3.03. The molecule has 0 atom stereocenters. The van der Waals surface area contributed by atoms with Gasteiger partial charge in [-0.15, -0.1) is 11.3 Å². The van der Waals surface area contributed by atoms with E-state index in [0.717, 1.165) is 5.00 Å². The molecule has 0 spiro atoms. The van der Waals surface area contributed by atoms with Crippen LogP contribution in [0.15, 0.2) is 17.5 Å². The van der Waals surface area contributed by atoms with Gasteiger partial charge in [-0.25, -0.2) is 0 Å². The molecule has 1 rings (SSSR count). The molecule has 0 saturated heterocycles. The van der Waals surface area contributed by atoms with Gasteiger partial charge in [0.1, 0.15) is 5.00 Å². The van der Waals surface area contributed by atoms with Crippen LogP contribution in [0.2, 0.25) is 0 Å². The van der Waals surface area contributed by atoms with E-state index in [2.05, 4.69) is 19.2 Å². The Morgan fingerprint density at radius 1 is 1.56 bits per heavy atom. The van der Waals surface area contributed by atoms with E-state index in [1.165, 1.54) is 0 Å². The zero-order valence-electron chi connectivity index (χ0n) is 5.66. The van der Waals surface area contributed by atoms with Crippen molar-refractivity contribution in [3.63, 3.8) is 0 Å². The molecule has 1 heterocycles. The van der Waals surface area contributed by atoms with Gasteiger partial charge in [0.2, 0.25) is 0 Å². The molecule has 1 aromatic rings. The second kappa shape index (κ2) is 2.87. The lowest BCUT2D eigenvalue weighted by atomic mass is 10.4. The molecule has 0 unspecified atom stereocenters. The van der Waals surface area contributed by atoms with Gasteiger partial charge in [0, 0.05) is 6.04 Å². The summed E-state index contributed by atoms with van der Waals surface area (Å²) in [4.78, 5) is 0. The maximum atomic E-state index is 4.34. The van der Waals surface area contributed by atoms with E-state index in [9.17, 15) is 0 Å². The van der Waals surface area contributed by atoms with Crippen molar-refractivity contribution < 1.29 is 0 Å². The van der Waals surface area contributed by atoms with Crippen LogP contribution in [-0.2, 0) is 0 Å². The van der Waals surface area contributed by atoms with Crippen LogP contribution in [-0.4, -0.2) is 6.04 Å². The Balaban J connectivity index is 2.48. The Hall–Kier alpha value is -0.500. The first-order valence-corrected chi connectivity index (χ1v) is 3.91. The molecule has 0 aliphatic rings. The third kappa shape index (κ3) is 2.06. The van der Waals surface area contributed by atoms with Crippen molar-refractivity contribution >= 4 is 16.3 Å². The number of hydrogen-bond donors (Lipinski definition) is 0. The third-order valence-corrected chi connectivity index (χ3v) is 1.67. The maximum Gasteiger partial charge on any atom is 0.110 e. The number of rotatable bonds is 2. The maximum absolute atomic E-state index is 4.34. The molecule has 0 aliphatic carbocycles. The van der Waals surface area contributed by atoms with Crippen molar-refractivity contribution in [3.05, 3.63) is 17.5 Å². The van der Waals surface area contributed by atoms with Crippen LogP contribution in [0.3, 0.4) is 0 Å². The van der Waals surface area contributed by atoms with Crippen molar-refractivity contribution in [2.45, 2.75) is 19.9 Å². The second-order valence-electron chi connectivity index (χ2n) is 2.17. The summed E-state index contributed by atoms with van der Waals surface area (Å²) >= 11 is 1.68. The van der Waals surface area contributed by atoms with Crippen molar-refractivity contribution in [2.75, 3.05) is 0 Å². The number of hydrogen-bond acceptors (Lipinski definition) is 1. The lowest BCUT2D eigenvalue weighted by Crippen LogP contribution is -2.06. The van der Waals surface area contributed by atoms with E-state index < -0.39 is 0 Å². The van der Waals surface area contributed by atoms with Gasteiger partial charge in [0.15, 0.2) is 0 Å². The summed E-state index contributed by atoms with van der Waals surface area (Å²) in [5.74, 6) is 0. The molecule has 0 saturated carbocycles. The van der Waals surface area contributed by atoms with Gasteiger partial charge in [0.25, 0.3) is 0 Å². The summed E-state index contributed by atoms with van der Waals surface area (Å²) in [6, 6.07) is 4.47. The molecule has 0 N–H and O–H groups in total. The molecular weight excluding hydrogens is 130 g/mol. The minimum Gasteiger partial charge on any atom is -0.272 e. The lowest BCUT2D eigenvalue weighted by molar-refractivity contribution is 0.705. The highest BCUT2D eigenvalue weighted by molar-refractivity contribution is 7.13. The van der Waals surface area contributed by atoms with Crippen molar-refractivity contribution in [1.29, 1.82) is 0 Å². The molecule has 0 aliphatic heterocycles. The minimum absolute atomic E-state index is 0.420. The molecule has 2 heteroatoms. The minimum atomic E-state index is 0.420. The van der Waals surface area contributed by atoms with Gasteiger partial charge in [-0.05, 0) is 31.4 Å². The summed E-state index contributed by atoms with van der Waals surface area (Å²) in [7, 11) is 0. The fraction of sp³-hybridized carbons (Fsp3) is 0.429. The Morgan fingerprint density at radius 2 is 2.33 bits per heavy atom. The van der Waals surface area contributed by atoms with E-state index in [0.29, 0.717) is 6.04 Å². The molecular formula is C7H10NS. The average molecular weight is 140 g/mol. The van der Waals surface area contributed by atoms with E-state index in [1.54, 1.807) is 11.3 Å². The third-order valence-electron chi connectivity index (χ3n) is 0.892. The predicted molar refractivity (Wildman–Crippen MR) is 41.2 cm³/mol.